The number of amides is 1. The van der Waals surface area contributed by atoms with Crippen LogP contribution in [0, 0.1) is 6.92 Å². The van der Waals surface area contributed by atoms with Crippen molar-refractivity contribution in [2.75, 3.05) is 6.26 Å². The minimum Gasteiger partial charge on any atom is -0.445 e. The lowest BCUT2D eigenvalue weighted by Crippen LogP contribution is -2.24. The maximum Gasteiger partial charge on any atom is 0.287 e. The number of aromatic nitrogens is 3. The molecule has 0 aliphatic heterocycles. The van der Waals surface area contributed by atoms with Crippen LogP contribution in [0.15, 0.2) is 21.6 Å². The SMILES string of the molecule is CSc1ccc(C(=O)NCc2nnc(C)n2C2CC2)o1. The van der Waals surface area contributed by atoms with E-state index in [4.69, 9.17) is 4.42 Å². The van der Waals surface area contributed by atoms with Crippen LogP contribution in [0.1, 0.15) is 41.1 Å². The molecule has 20 heavy (non-hydrogen) atoms. The summed E-state index contributed by atoms with van der Waals surface area (Å²) in [6.45, 7) is 2.30. The van der Waals surface area contributed by atoms with Crippen LogP contribution in [-0.4, -0.2) is 26.9 Å². The van der Waals surface area contributed by atoms with Crippen LogP contribution < -0.4 is 5.32 Å². The monoisotopic (exact) mass is 292 g/mol. The molecule has 2 aromatic heterocycles. The summed E-state index contributed by atoms with van der Waals surface area (Å²) in [5.74, 6) is 1.80. The van der Waals surface area contributed by atoms with Gasteiger partial charge in [0.25, 0.3) is 5.91 Å². The van der Waals surface area contributed by atoms with Gasteiger partial charge in [-0.1, -0.05) is 11.8 Å². The highest BCUT2D eigenvalue weighted by Crippen LogP contribution is 2.36. The Morgan fingerprint density at radius 3 is 2.95 bits per heavy atom. The van der Waals surface area contributed by atoms with Crippen LogP contribution in [0.25, 0.3) is 0 Å². The van der Waals surface area contributed by atoms with Crippen molar-refractivity contribution in [3.63, 3.8) is 0 Å². The number of hydrogen-bond acceptors (Lipinski definition) is 5. The molecule has 1 amide bonds. The quantitative estimate of drug-likeness (QED) is 0.855. The van der Waals surface area contributed by atoms with Crippen LogP contribution in [-0.2, 0) is 6.54 Å². The first-order valence-electron chi connectivity index (χ1n) is 6.51. The van der Waals surface area contributed by atoms with Gasteiger partial charge in [-0.2, -0.15) is 0 Å². The summed E-state index contributed by atoms with van der Waals surface area (Å²) in [5.41, 5.74) is 0. The van der Waals surface area contributed by atoms with E-state index in [1.807, 2.05) is 13.2 Å². The fourth-order valence-electron chi connectivity index (χ4n) is 2.14. The van der Waals surface area contributed by atoms with Crippen LogP contribution >= 0.6 is 11.8 Å². The second-order valence-electron chi connectivity index (χ2n) is 4.77. The van der Waals surface area contributed by atoms with E-state index < -0.39 is 0 Å². The number of carbonyl (C=O) groups is 1. The Labute approximate surface area is 120 Å². The number of furan rings is 1. The molecule has 1 aliphatic carbocycles. The molecule has 1 aliphatic rings. The summed E-state index contributed by atoms with van der Waals surface area (Å²) in [7, 11) is 0. The standard InChI is InChI=1S/C13H16N4O2S/c1-8-15-16-11(17(8)9-3-4-9)7-14-13(18)10-5-6-12(19-10)20-2/h5-6,9H,3-4,7H2,1-2H3,(H,14,18). The second-order valence-corrected chi connectivity index (χ2v) is 5.58. The minimum atomic E-state index is -0.228. The molecule has 0 radical (unpaired) electrons. The summed E-state index contributed by atoms with van der Waals surface area (Å²) >= 11 is 1.47. The zero-order valence-electron chi connectivity index (χ0n) is 11.4. The lowest BCUT2D eigenvalue weighted by atomic mass is 10.4. The van der Waals surface area contributed by atoms with E-state index in [-0.39, 0.29) is 5.91 Å². The maximum atomic E-state index is 12.0. The molecule has 2 heterocycles. The molecule has 0 aromatic carbocycles. The molecule has 1 fully saturated rings. The third-order valence-corrected chi connectivity index (χ3v) is 3.88. The average Bonchev–Trinajstić information content (AvgIpc) is 3.04. The number of carbonyl (C=O) groups excluding carboxylic acids is 1. The summed E-state index contributed by atoms with van der Waals surface area (Å²) < 4.78 is 7.49. The van der Waals surface area contributed by atoms with Gasteiger partial charge in [0, 0.05) is 6.04 Å². The highest BCUT2D eigenvalue weighted by Gasteiger charge is 2.28. The molecule has 0 unspecified atom stereocenters. The van der Waals surface area contributed by atoms with Crippen molar-refractivity contribution in [1.82, 2.24) is 20.1 Å². The molecule has 0 atom stereocenters. The Hall–Kier alpha value is -1.76. The molecule has 0 saturated heterocycles. The fourth-order valence-corrected chi connectivity index (χ4v) is 2.52. The number of nitrogens with one attached hydrogen (secondary N) is 1. The van der Waals surface area contributed by atoms with Crippen molar-refractivity contribution in [2.24, 2.45) is 0 Å². The normalized spacial score (nSPS) is 14.5. The van der Waals surface area contributed by atoms with Crippen molar-refractivity contribution in [3.05, 3.63) is 29.5 Å². The van der Waals surface area contributed by atoms with Gasteiger partial charge in [0.1, 0.15) is 5.82 Å². The molecule has 0 spiro atoms. The summed E-state index contributed by atoms with van der Waals surface area (Å²) in [6, 6.07) is 3.97. The zero-order valence-corrected chi connectivity index (χ0v) is 12.2. The first-order chi connectivity index (χ1) is 9.69. The first kappa shape index (κ1) is 13.2. The van der Waals surface area contributed by atoms with Gasteiger partial charge in [0.2, 0.25) is 0 Å². The lowest BCUT2D eigenvalue weighted by molar-refractivity contribution is 0.0916. The van der Waals surface area contributed by atoms with Gasteiger partial charge in [-0.3, -0.25) is 4.79 Å². The Morgan fingerprint density at radius 1 is 1.50 bits per heavy atom. The van der Waals surface area contributed by atoms with Gasteiger partial charge in [0.15, 0.2) is 16.7 Å². The predicted octanol–water partition coefficient (Wildman–Crippen LogP) is 2.17. The molecule has 1 saturated carbocycles. The Kier molecular flexibility index (Phi) is 3.52. The Balaban J connectivity index is 1.66. The summed E-state index contributed by atoms with van der Waals surface area (Å²) in [6.07, 6.45) is 4.23. The Bertz CT molecular complexity index is 630. The van der Waals surface area contributed by atoms with E-state index >= 15 is 0 Å². The number of thioether (sulfide) groups is 1. The van der Waals surface area contributed by atoms with Crippen molar-refractivity contribution in [2.45, 2.75) is 37.4 Å². The molecule has 106 valence electrons. The van der Waals surface area contributed by atoms with Gasteiger partial charge in [-0.25, -0.2) is 0 Å². The van der Waals surface area contributed by atoms with E-state index in [0.29, 0.717) is 18.3 Å². The highest BCUT2D eigenvalue weighted by molar-refractivity contribution is 7.98. The van der Waals surface area contributed by atoms with Crippen LogP contribution in [0.5, 0.6) is 0 Å². The van der Waals surface area contributed by atoms with Crippen molar-refractivity contribution >= 4 is 17.7 Å². The molecule has 0 bridgehead atoms. The van der Waals surface area contributed by atoms with Gasteiger partial charge >= 0.3 is 0 Å². The van der Waals surface area contributed by atoms with Crippen LogP contribution in [0.4, 0.5) is 0 Å². The van der Waals surface area contributed by atoms with E-state index in [2.05, 4.69) is 20.1 Å². The molecule has 6 nitrogen and oxygen atoms in total. The van der Waals surface area contributed by atoms with Crippen molar-refractivity contribution < 1.29 is 9.21 Å². The third kappa shape index (κ3) is 2.58. The second kappa shape index (κ2) is 5.32. The van der Waals surface area contributed by atoms with Gasteiger partial charge < -0.3 is 14.3 Å². The molecular weight excluding hydrogens is 276 g/mol. The highest BCUT2D eigenvalue weighted by atomic mass is 32.2. The zero-order chi connectivity index (χ0) is 14.1. The van der Waals surface area contributed by atoms with E-state index in [1.54, 1.807) is 12.1 Å². The van der Waals surface area contributed by atoms with E-state index in [0.717, 1.165) is 29.6 Å². The van der Waals surface area contributed by atoms with E-state index in [1.165, 1.54) is 11.8 Å². The number of aryl methyl sites for hydroxylation is 1. The van der Waals surface area contributed by atoms with E-state index in [9.17, 15) is 4.79 Å². The topological polar surface area (TPSA) is 73.0 Å². The third-order valence-electron chi connectivity index (χ3n) is 3.26. The fraction of sp³-hybridized carbons (Fsp3) is 0.462. The van der Waals surface area contributed by atoms with Gasteiger partial charge in [-0.15, -0.1) is 10.2 Å². The molecule has 3 rings (SSSR count). The van der Waals surface area contributed by atoms with Crippen LogP contribution in [0.2, 0.25) is 0 Å². The van der Waals surface area contributed by atoms with Crippen molar-refractivity contribution in [3.8, 4) is 0 Å². The number of nitrogens with zero attached hydrogens (tertiary/aromatic N) is 3. The number of hydrogen-bond donors (Lipinski definition) is 1. The first-order valence-corrected chi connectivity index (χ1v) is 7.74. The number of rotatable bonds is 5. The maximum absolute atomic E-state index is 12.0. The minimum absolute atomic E-state index is 0.228. The average molecular weight is 292 g/mol. The molecular formula is C13H16N4O2S. The predicted molar refractivity (Wildman–Crippen MR) is 74.7 cm³/mol. The molecule has 2 aromatic rings. The molecule has 1 N–H and O–H groups in total. The summed E-state index contributed by atoms with van der Waals surface area (Å²) in [5, 5.41) is 11.8. The van der Waals surface area contributed by atoms with Gasteiger partial charge in [-0.05, 0) is 38.2 Å². The smallest absolute Gasteiger partial charge is 0.287 e. The van der Waals surface area contributed by atoms with Gasteiger partial charge in [0.05, 0.1) is 6.54 Å². The Morgan fingerprint density at radius 2 is 2.30 bits per heavy atom. The molecule has 7 heteroatoms. The largest absolute Gasteiger partial charge is 0.445 e. The summed E-state index contributed by atoms with van der Waals surface area (Å²) in [4.78, 5) is 12.0. The van der Waals surface area contributed by atoms with Crippen molar-refractivity contribution in [1.29, 1.82) is 0 Å². The lowest BCUT2D eigenvalue weighted by Gasteiger charge is -2.07. The van der Waals surface area contributed by atoms with Crippen LogP contribution in [0.3, 0.4) is 0 Å².